The molecule has 0 saturated carbocycles. The van der Waals surface area contributed by atoms with Crippen LogP contribution in [0.4, 0.5) is 5.69 Å². The van der Waals surface area contributed by atoms with E-state index < -0.39 is 19.9 Å². The van der Waals surface area contributed by atoms with E-state index >= 15 is 0 Å². The van der Waals surface area contributed by atoms with Crippen LogP contribution in [-0.4, -0.2) is 28.3 Å². The number of rotatable bonds is 8. The summed E-state index contributed by atoms with van der Waals surface area (Å²) in [6.45, 7) is 0. The Balaban J connectivity index is 1.69. The zero-order valence-corrected chi connectivity index (χ0v) is 18.4. The highest BCUT2D eigenvalue weighted by Gasteiger charge is 2.18. The summed E-state index contributed by atoms with van der Waals surface area (Å²) in [5.41, 5.74) is 0.421. The van der Waals surface area contributed by atoms with Gasteiger partial charge in [0, 0.05) is 15.7 Å². The molecule has 0 aliphatic rings. The number of hydrogen-bond acceptors (Lipinski definition) is 6. The van der Waals surface area contributed by atoms with Gasteiger partial charge in [-0.2, -0.15) is 0 Å². The van der Waals surface area contributed by atoms with Crippen LogP contribution >= 0.6 is 34.7 Å². The molecule has 0 unspecified atom stereocenters. The minimum atomic E-state index is -3.67. The van der Waals surface area contributed by atoms with Crippen LogP contribution in [0.3, 0.4) is 0 Å². The van der Waals surface area contributed by atoms with Gasteiger partial charge in [0.15, 0.2) is 9.84 Å². The summed E-state index contributed by atoms with van der Waals surface area (Å²) in [5, 5.41) is 2.16. The van der Waals surface area contributed by atoms with Crippen molar-refractivity contribution in [2.75, 3.05) is 16.2 Å². The van der Waals surface area contributed by atoms with Crippen LogP contribution in [0.15, 0.2) is 80.0 Å². The van der Waals surface area contributed by atoms with Crippen molar-refractivity contribution in [1.82, 2.24) is 0 Å². The molecule has 2 aromatic carbocycles. The molecule has 1 aromatic heterocycles. The molecule has 28 heavy (non-hydrogen) atoms. The molecule has 0 bridgehead atoms. The molecule has 5 nitrogen and oxygen atoms in total. The highest BCUT2D eigenvalue weighted by Crippen LogP contribution is 2.30. The first kappa shape index (κ1) is 21.2. The summed E-state index contributed by atoms with van der Waals surface area (Å²) in [4.78, 5) is 0.873. The van der Waals surface area contributed by atoms with Crippen LogP contribution < -0.4 is 4.72 Å². The summed E-state index contributed by atoms with van der Waals surface area (Å²) in [7, 11) is -7.12. The molecule has 1 heterocycles. The van der Waals surface area contributed by atoms with Crippen LogP contribution in [-0.2, 0) is 19.9 Å². The number of hydrogen-bond donors (Lipinski definition) is 1. The van der Waals surface area contributed by atoms with Crippen molar-refractivity contribution in [3.8, 4) is 0 Å². The Morgan fingerprint density at radius 2 is 1.64 bits per heavy atom. The third-order valence-corrected chi connectivity index (χ3v) is 9.75. The zero-order chi connectivity index (χ0) is 20.2. The van der Waals surface area contributed by atoms with Gasteiger partial charge < -0.3 is 0 Å². The minimum Gasteiger partial charge on any atom is -0.278 e. The van der Waals surface area contributed by atoms with Crippen molar-refractivity contribution in [2.45, 2.75) is 14.0 Å². The predicted octanol–water partition coefficient (Wildman–Crippen LogP) is 4.77. The Kier molecular flexibility index (Phi) is 6.72. The zero-order valence-electron chi connectivity index (χ0n) is 14.4. The van der Waals surface area contributed by atoms with E-state index in [1.54, 1.807) is 35.7 Å². The normalized spacial score (nSPS) is 12.0. The van der Waals surface area contributed by atoms with Gasteiger partial charge in [0.2, 0.25) is 0 Å². The van der Waals surface area contributed by atoms with Gasteiger partial charge in [-0.05, 0) is 47.8 Å². The Hall–Kier alpha value is -1.52. The molecule has 0 atom stereocenters. The van der Waals surface area contributed by atoms with Crippen LogP contribution in [0, 0.1) is 0 Å². The van der Waals surface area contributed by atoms with E-state index in [0.29, 0.717) is 15.6 Å². The number of sulfone groups is 1. The van der Waals surface area contributed by atoms with Crippen molar-refractivity contribution < 1.29 is 16.8 Å². The molecule has 10 heteroatoms. The summed E-state index contributed by atoms with van der Waals surface area (Å²) < 4.78 is 52.6. The van der Waals surface area contributed by atoms with Crippen LogP contribution in [0.2, 0.25) is 5.02 Å². The molecular formula is C18H16ClNO4S4. The van der Waals surface area contributed by atoms with Crippen molar-refractivity contribution in [1.29, 1.82) is 0 Å². The van der Waals surface area contributed by atoms with E-state index in [2.05, 4.69) is 4.72 Å². The summed E-state index contributed by atoms with van der Waals surface area (Å²) in [5.74, 6) is 0.202. The molecule has 0 fully saturated rings. The lowest BCUT2D eigenvalue weighted by atomic mass is 10.3. The number of halogens is 1. The first-order chi connectivity index (χ1) is 13.3. The fourth-order valence-corrected chi connectivity index (χ4v) is 7.24. The van der Waals surface area contributed by atoms with E-state index in [1.165, 1.54) is 42.1 Å². The molecule has 1 N–H and O–H groups in total. The maximum atomic E-state index is 12.4. The molecule has 0 radical (unpaired) electrons. The van der Waals surface area contributed by atoms with E-state index in [4.69, 9.17) is 11.6 Å². The lowest BCUT2D eigenvalue weighted by Gasteiger charge is -2.11. The third kappa shape index (κ3) is 5.30. The van der Waals surface area contributed by atoms with Crippen molar-refractivity contribution in [2.24, 2.45) is 0 Å². The van der Waals surface area contributed by atoms with Gasteiger partial charge in [0.05, 0.1) is 16.3 Å². The number of anilines is 1. The molecule has 0 spiro atoms. The molecule has 0 saturated heterocycles. The van der Waals surface area contributed by atoms with Gasteiger partial charge in [0.1, 0.15) is 4.21 Å². The van der Waals surface area contributed by atoms with Crippen LogP contribution in [0.25, 0.3) is 0 Å². The maximum Gasteiger partial charge on any atom is 0.271 e. The van der Waals surface area contributed by atoms with E-state index in [9.17, 15) is 16.8 Å². The van der Waals surface area contributed by atoms with Gasteiger partial charge in [-0.1, -0.05) is 29.8 Å². The quantitative estimate of drug-likeness (QED) is 0.476. The standard InChI is InChI=1S/C18H16ClNO4S4/c19-14-7-9-15(10-8-14)27(21,22)13-12-25-17-5-2-1-4-16(17)20-28(23,24)18-6-3-11-26-18/h1-11,20H,12-13H2. The SMILES string of the molecule is O=S(=O)(CCSc1ccccc1NS(=O)(=O)c1cccs1)c1ccc(Cl)cc1. The number of nitrogens with one attached hydrogen (secondary N) is 1. The van der Waals surface area contributed by atoms with E-state index in [1.807, 2.05) is 0 Å². The highest BCUT2D eigenvalue weighted by molar-refractivity contribution is 8.01. The average molecular weight is 474 g/mol. The average Bonchev–Trinajstić information content (AvgIpc) is 3.19. The number of thioether (sulfide) groups is 1. The molecule has 0 amide bonds. The van der Waals surface area contributed by atoms with Crippen molar-refractivity contribution >= 4 is 60.2 Å². The Labute approximate surface area is 177 Å². The van der Waals surface area contributed by atoms with Gasteiger partial charge in [-0.3, -0.25) is 4.72 Å². The minimum absolute atomic E-state index is 0.0781. The van der Waals surface area contributed by atoms with Gasteiger partial charge in [-0.25, -0.2) is 16.8 Å². The number of benzene rings is 2. The first-order valence-electron chi connectivity index (χ1n) is 8.04. The second kappa shape index (κ2) is 8.87. The van der Waals surface area contributed by atoms with Crippen molar-refractivity contribution in [3.05, 3.63) is 71.1 Å². The maximum absolute atomic E-state index is 12.4. The molecule has 0 aliphatic heterocycles. The molecule has 3 rings (SSSR count). The Bertz CT molecular complexity index is 1140. The second-order valence-corrected chi connectivity index (χ2v) is 12.2. The van der Waals surface area contributed by atoms with E-state index in [0.717, 1.165) is 11.3 Å². The summed E-state index contributed by atoms with van der Waals surface area (Å²) >= 11 is 8.21. The van der Waals surface area contributed by atoms with Crippen LogP contribution in [0.5, 0.6) is 0 Å². The first-order valence-corrected chi connectivity index (χ1v) is 13.4. The predicted molar refractivity (Wildman–Crippen MR) is 116 cm³/mol. The lowest BCUT2D eigenvalue weighted by Crippen LogP contribution is -2.12. The number of sulfonamides is 1. The second-order valence-electron chi connectivity index (χ2n) is 5.65. The monoisotopic (exact) mass is 473 g/mol. The third-order valence-electron chi connectivity index (χ3n) is 3.67. The van der Waals surface area contributed by atoms with Crippen LogP contribution in [0.1, 0.15) is 0 Å². The van der Waals surface area contributed by atoms with Crippen molar-refractivity contribution in [3.63, 3.8) is 0 Å². The molecule has 148 valence electrons. The largest absolute Gasteiger partial charge is 0.278 e. The molecule has 0 aliphatic carbocycles. The molecular weight excluding hydrogens is 458 g/mol. The lowest BCUT2D eigenvalue weighted by molar-refractivity contribution is 0.597. The van der Waals surface area contributed by atoms with Gasteiger partial charge in [0.25, 0.3) is 10.0 Å². The fraction of sp³-hybridized carbons (Fsp3) is 0.111. The topological polar surface area (TPSA) is 80.3 Å². The fourth-order valence-electron chi connectivity index (χ4n) is 2.31. The smallest absolute Gasteiger partial charge is 0.271 e. The molecule has 3 aromatic rings. The summed E-state index contributed by atoms with van der Waals surface area (Å²) in [6, 6.07) is 16.1. The van der Waals surface area contributed by atoms with Gasteiger partial charge >= 0.3 is 0 Å². The summed E-state index contributed by atoms with van der Waals surface area (Å²) in [6.07, 6.45) is 0. The Morgan fingerprint density at radius 1 is 0.929 bits per heavy atom. The number of thiophene rings is 1. The Morgan fingerprint density at radius 3 is 2.32 bits per heavy atom. The highest BCUT2D eigenvalue weighted by atomic mass is 35.5. The van der Waals surface area contributed by atoms with E-state index in [-0.39, 0.29) is 20.6 Å². The van der Waals surface area contributed by atoms with Gasteiger partial charge in [-0.15, -0.1) is 23.1 Å². The number of para-hydroxylation sites is 1.